The molecule has 1 heterocycles. The van der Waals surface area contributed by atoms with Crippen molar-refractivity contribution in [3.8, 4) is 11.3 Å². The Morgan fingerprint density at radius 2 is 1.81 bits per heavy atom. The standard InChI is InChI=1S/C18H15NO2/c1-18(2)14-11(7-5-8-12(14)17(20)21)16-15(18)10-6-3-4-9-13(10)19-16/h3-9,19H,1-2H3,(H,20,21). The lowest BCUT2D eigenvalue weighted by molar-refractivity contribution is 0.0694. The number of fused-ring (bicyclic) bond motifs is 5. The van der Waals surface area contributed by atoms with Crippen molar-refractivity contribution in [1.82, 2.24) is 4.98 Å². The fourth-order valence-corrected chi connectivity index (χ4v) is 3.73. The lowest BCUT2D eigenvalue weighted by Gasteiger charge is -2.23. The SMILES string of the molecule is CC1(C)c2c(C(=O)O)cccc2-c2[nH]c3ccccc3c21. The first-order chi connectivity index (χ1) is 10.0. The second-order valence-corrected chi connectivity index (χ2v) is 6.08. The van der Waals surface area contributed by atoms with Gasteiger partial charge in [0, 0.05) is 21.9 Å². The molecule has 0 amide bonds. The number of hydrogen-bond donors (Lipinski definition) is 2. The topological polar surface area (TPSA) is 53.1 Å². The van der Waals surface area contributed by atoms with Gasteiger partial charge in [-0.05, 0) is 23.3 Å². The van der Waals surface area contributed by atoms with E-state index in [-0.39, 0.29) is 5.41 Å². The Kier molecular flexibility index (Phi) is 2.18. The zero-order valence-electron chi connectivity index (χ0n) is 11.9. The number of hydrogen-bond acceptors (Lipinski definition) is 1. The highest BCUT2D eigenvalue weighted by Gasteiger charge is 2.41. The molecule has 0 radical (unpaired) electrons. The monoisotopic (exact) mass is 277 g/mol. The van der Waals surface area contributed by atoms with Crippen LogP contribution in [0.1, 0.15) is 35.3 Å². The summed E-state index contributed by atoms with van der Waals surface area (Å²) in [6, 6.07) is 13.7. The molecule has 3 heteroatoms. The van der Waals surface area contributed by atoms with Crippen molar-refractivity contribution >= 4 is 16.9 Å². The minimum absolute atomic E-state index is 0.320. The number of carbonyl (C=O) groups is 1. The Morgan fingerprint density at radius 3 is 2.57 bits per heavy atom. The molecule has 21 heavy (non-hydrogen) atoms. The van der Waals surface area contributed by atoms with E-state index >= 15 is 0 Å². The number of aromatic amines is 1. The third kappa shape index (κ3) is 1.40. The number of aromatic nitrogens is 1. The summed E-state index contributed by atoms with van der Waals surface area (Å²) in [5, 5.41) is 10.7. The molecule has 0 unspecified atom stereocenters. The van der Waals surface area contributed by atoms with Crippen LogP contribution in [0.3, 0.4) is 0 Å². The molecule has 0 spiro atoms. The normalized spacial score (nSPS) is 15.0. The zero-order chi connectivity index (χ0) is 14.8. The van der Waals surface area contributed by atoms with Crippen molar-refractivity contribution in [3.63, 3.8) is 0 Å². The van der Waals surface area contributed by atoms with Gasteiger partial charge >= 0.3 is 5.97 Å². The van der Waals surface area contributed by atoms with Crippen LogP contribution in [0.25, 0.3) is 22.2 Å². The average molecular weight is 277 g/mol. The van der Waals surface area contributed by atoms with Gasteiger partial charge in [0.15, 0.2) is 0 Å². The summed E-state index contributed by atoms with van der Waals surface area (Å²) in [7, 11) is 0. The molecule has 0 aliphatic heterocycles. The molecule has 3 nitrogen and oxygen atoms in total. The summed E-state index contributed by atoms with van der Waals surface area (Å²) >= 11 is 0. The maximum Gasteiger partial charge on any atom is 0.336 e. The molecule has 1 aromatic heterocycles. The van der Waals surface area contributed by atoms with Gasteiger partial charge in [0.1, 0.15) is 0 Å². The van der Waals surface area contributed by atoms with Crippen LogP contribution in [-0.4, -0.2) is 16.1 Å². The van der Waals surface area contributed by atoms with Crippen molar-refractivity contribution in [3.05, 3.63) is 59.2 Å². The Labute approximate surface area is 122 Å². The van der Waals surface area contributed by atoms with Gasteiger partial charge < -0.3 is 10.1 Å². The molecule has 4 rings (SSSR count). The van der Waals surface area contributed by atoms with Crippen LogP contribution in [-0.2, 0) is 5.41 Å². The van der Waals surface area contributed by atoms with Gasteiger partial charge in [-0.15, -0.1) is 0 Å². The molecule has 3 aromatic rings. The van der Waals surface area contributed by atoms with E-state index in [0.717, 1.165) is 22.3 Å². The van der Waals surface area contributed by atoms with Crippen LogP contribution >= 0.6 is 0 Å². The molecule has 2 aromatic carbocycles. The Hall–Kier alpha value is -2.55. The smallest absolute Gasteiger partial charge is 0.336 e. The highest BCUT2D eigenvalue weighted by molar-refractivity contribution is 6.01. The number of nitrogens with one attached hydrogen (secondary N) is 1. The predicted molar refractivity (Wildman–Crippen MR) is 82.8 cm³/mol. The van der Waals surface area contributed by atoms with Crippen LogP contribution in [0, 0.1) is 0 Å². The molecule has 1 aliphatic carbocycles. The maximum atomic E-state index is 11.6. The number of rotatable bonds is 1. The third-order valence-electron chi connectivity index (χ3n) is 4.52. The lowest BCUT2D eigenvalue weighted by Crippen LogP contribution is -2.19. The van der Waals surface area contributed by atoms with Crippen LogP contribution < -0.4 is 0 Å². The van der Waals surface area contributed by atoms with Crippen LogP contribution in [0.5, 0.6) is 0 Å². The number of H-pyrrole nitrogens is 1. The van der Waals surface area contributed by atoms with Gasteiger partial charge in [-0.3, -0.25) is 0 Å². The number of carboxylic acids is 1. The molecule has 0 saturated heterocycles. The minimum Gasteiger partial charge on any atom is -0.478 e. The van der Waals surface area contributed by atoms with Crippen molar-refractivity contribution in [2.75, 3.05) is 0 Å². The van der Waals surface area contributed by atoms with Gasteiger partial charge in [0.25, 0.3) is 0 Å². The molecular formula is C18H15NO2. The first-order valence-electron chi connectivity index (χ1n) is 7.00. The fourth-order valence-electron chi connectivity index (χ4n) is 3.73. The summed E-state index contributed by atoms with van der Waals surface area (Å²) in [6.45, 7) is 4.20. The molecule has 0 bridgehead atoms. The van der Waals surface area contributed by atoms with Crippen molar-refractivity contribution in [2.45, 2.75) is 19.3 Å². The van der Waals surface area contributed by atoms with Crippen LogP contribution in [0.15, 0.2) is 42.5 Å². The van der Waals surface area contributed by atoms with Gasteiger partial charge in [-0.25, -0.2) is 4.79 Å². The van der Waals surface area contributed by atoms with Gasteiger partial charge in [-0.2, -0.15) is 0 Å². The minimum atomic E-state index is -0.866. The zero-order valence-corrected chi connectivity index (χ0v) is 11.9. The van der Waals surface area contributed by atoms with E-state index in [1.165, 1.54) is 10.9 Å². The summed E-state index contributed by atoms with van der Waals surface area (Å²) in [5.41, 5.74) is 5.34. The van der Waals surface area contributed by atoms with Crippen LogP contribution in [0.2, 0.25) is 0 Å². The van der Waals surface area contributed by atoms with Crippen molar-refractivity contribution in [1.29, 1.82) is 0 Å². The molecule has 0 fully saturated rings. The molecule has 104 valence electrons. The molecule has 0 atom stereocenters. The average Bonchev–Trinajstić information content (AvgIpc) is 2.94. The van der Waals surface area contributed by atoms with E-state index in [1.807, 2.05) is 24.3 Å². The molecular weight excluding hydrogens is 262 g/mol. The molecule has 0 saturated carbocycles. The predicted octanol–water partition coefficient (Wildman–Crippen LogP) is 4.17. The van der Waals surface area contributed by atoms with Crippen molar-refractivity contribution in [2.24, 2.45) is 0 Å². The van der Waals surface area contributed by atoms with Crippen molar-refractivity contribution < 1.29 is 9.90 Å². The summed E-state index contributed by atoms with van der Waals surface area (Å²) in [4.78, 5) is 15.0. The second kappa shape index (κ2) is 3.76. The first-order valence-corrected chi connectivity index (χ1v) is 7.00. The van der Waals surface area contributed by atoms with Crippen LogP contribution in [0.4, 0.5) is 0 Å². The van der Waals surface area contributed by atoms with E-state index in [2.05, 4.69) is 31.0 Å². The van der Waals surface area contributed by atoms with Gasteiger partial charge in [0.05, 0.1) is 11.3 Å². The lowest BCUT2D eigenvalue weighted by atomic mass is 9.79. The molecule has 2 N–H and O–H groups in total. The first kappa shape index (κ1) is 12.2. The third-order valence-corrected chi connectivity index (χ3v) is 4.52. The highest BCUT2D eigenvalue weighted by atomic mass is 16.4. The Morgan fingerprint density at radius 1 is 1.05 bits per heavy atom. The molecule has 1 aliphatic rings. The number of carboxylic acid groups (broad SMARTS) is 1. The van der Waals surface area contributed by atoms with E-state index < -0.39 is 5.97 Å². The van der Waals surface area contributed by atoms with E-state index in [4.69, 9.17) is 0 Å². The number of benzene rings is 2. The summed E-state index contributed by atoms with van der Waals surface area (Å²) in [5.74, 6) is -0.866. The Bertz CT molecular complexity index is 903. The van der Waals surface area contributed by atoms with E-state index in [1.54, 1.807) is 6.07 Å². The van der Waals surface area contributed by atoms with Gasteiger partial charge in [0.2, 0.25) is 0 Å². The van der Waals surface area contributed by atoms with E-state index in [0.29, 0.717) is 5.56 Å². The quantitative estimate of drug-likeness (QED) is 0.701. The summed E-state index contributed by atoms with van der Waals surface area (Å²) < 4.78 is 0. The summed E-state index contributed by atoms with van der Waals surface area (Å²) in [6.07, 6.45) is 0. The maximum absolute atomic E-state index is 11.6. The second-order valence-electron chi connectivity index (χ2n) is 6.08. The largest absolute Gasteiger partial charge is 0.478 e. The number of aromatic carboxylic acids is 1. The van der Waals surface area contributed by atoms with E-state index in [9.17, 15) is 9.90 Å². The van der Waals surface area contributed by atoms with Gasteiger partial charge in [-0.1, -0.05) is 44.2 Å². The highest BCUT2D eigenvalue weighted by Crippen LogP contribution is 2.52. The number of para-hydroxylation sites is 1. The Balaban J connectivity index is 2.16. The fraction of sp³-hybridized carbons (Fsp3) is 0.167.